The van der Waals surface area contributed by atoms with Gasteiger partial charge in [0.2, 0.25) is 10.0 Å². The van der Waals surface area contributed by atoms with E-state index < -0.39 is 21.9 Å². The third kappa shape index (κ3) is 7.70. The van der Waals surface area contributed by atoms with Gasteiger partial charge in [-0.25, -0.2) is 13.2 Å². The third-order valence-electron chi connectivity index (χ3n) is 5.21. The van der Waals surface area contributed by atoms with Crippen LogP contribution in [0.1, 0.15) is 27.0 Å². The molecule has 0 radical (unpaired) electrons. The highest BCUT2D eigenvalue weighted by atomic mass is 35.5. The molecule has 0 heterocycles. The highest BCUT2D eigenvalue weighted by Crippen LogP contribution is 2.27. The molecule has 11 heteroatoms. The second-order valence-electron chi connectivity index (χ2n) is 7.94. The summed E-state index contributed by atoms with van der Waals surface area (Å²) in [5.74, 6) is -0.877. The highest BCUT2D eigenvalue weighted by Gasteiger charge is 2.20. The van der Waals surface area contributed by atoms with Crippen LogP contribution in [0.5, 0.6) is 5.75 Å². The first-order valence-electron chi connectivity index (χ1n) is 10.9. The van der Waals surface area contributed by atoms with E-state index in [1.165, 1.54) is 35.7 Å². The van der Waals surface area contributed by atoms with Crippen molar-refractivity contribution in [3.8, 4) is 11.8 Å². The number of anilines is 1. The molecule has 0 unspecified atom stereocenters. The summed E-state index contributed by atoms with van der Waals surface area (Å²) < 4.78 is 36.3. The standard InChI is InChI=1S/C26H24ClN3O6S/c1-35-25(31)17-36-24-10-19(14-28)8-9-20(24)15-29-26(32)21-11-22(27)13-23(12-21)30(37(2,33)34)16-18-6-4-3-5-7-18/h3-13H,15-17H2,1-2H3,(H,29,32). The molecule has 0 bridgehead atoms. The predicted octanol–water partition coefficient (Wildman–Crippen LogP) is 3.66. The van der Waals surface area contributed by atoms with Crippen LogP contribution < -0.4 is 14.4 Å². The zero-order valence-electron chi connectivity index (χ0n) is 20.1. The number of nitrogens with zero attached hydrogens (tertiary/aromatic N) is 2. The number of amides is 1. The van der Waals surface area contributed by atoms with Gasteiger partial charge in [0, 0.05) is 22.7 Å². The van der Waals surface area contributed by atoms with Crippen LogP contribution in [0.25, 0.3) is 0 Å². The lowest BCUT2D eigenvalue weighted by Crippen LogP contribution is -2.30. The molecule has 3 aromatic carbocycles. The van der Waals surface area contributed by atoms with E-state index in [9.17, 15) is 18.0 Å². The average Bonchev–Trinajstić information content (AvgIpc) is 2.88. The Balaban J connectivity index is 1.83. The molecule has 192 valence electrons. The molecular weight excluding hydrogens is 518 g/mol. The van der Waals surface area contributed by atoms with Gasteiger partial charge in [-0.2, -0.15) is 5.26 Å². The lowest BCUT2D eigenvalue weighted by Gasteiger charge is -2.23. The number of ether oxygens (including phenoxy) is 2. The molecule has 0 atom stereocenters. The molecule has 9 nitrogen and oxygen atoms in total. The van der Waals surface area contributed by atoms with Crippen LogP contribution in [-0.4, -0.2) is 40.3 Å². The van der Waals surface area contributed by atoms with Crippen LogP contribution in [0.2, 0.25) is 5.02 Å². The number of methoxy groups -OCH3 is 1. The fourth-order valence-corrected chi connectivity index (χ4v) is 4.48. The van der Waals surface area contributed by atoms with Gasteiger partial charge in [-0.3, -0.25) is 9.10 Å². The van der Waals surface area contributed by atoms with Crippen LogP contribution in [0.3, 0.4) is 0 Å². The Labute approximate surface area is 220 Å². The minimum Gasteiger partial charge on any atom is -0.482 e. The lowest BCUT2D eigenvalue weighted by atomic mass is 10.1. The van der Waals surface area contributed by atoms with Gasteiger partial charge in [-0.05, 0) is 35.9 Å². The van der Waals surface area contributed by atoms with E-state index in [1.54, 1.807) is 36.4 Å². The summed E-state index contributed by atoms with van der Waals surface area (Å²) in [6.45, 7) is -0.303. The van der Waals surface area contributed by atoms with Crippen LogP contribution in [0.15, 0.2) is 66.7 Å². The van der Waals surface area contributed by atoms with E-state index >= 15 is 0 Å². The quantitative estimate of drug-likeness (QED) is 0.388. The largest absolute Gasteiger partial charge is 0.482 e. The van der Waals surface area contributed by atoms with Crippen LogP contribution in [0, 0.1) is 11.3 Å². The maximum Gasteiger partial charge on any atom is 0.343 e. The monoisotopic (exact) mass is 541 g/mol. The van der Waals surface area contributed by atoms with Gasteiger partial charge in [0.05, 0.1) is 37.2 Å². The summed E-state index contributed by atoms with van der Waals surface area (Å²) in [4.78, 5) is 24.5. The first kappa shape index (κ1) is 27.5. The van der Waals surface area contributed by atoms with Gasteiger partial charge in [0.15, 0.2) is 6.61 Å². The van der Waals surface area contributed by atoms with Crippen LogP contribution in [0.4, 0.5) is 5.69 Å². The van der Waals surface area contributed by atoms with Crippen molar-refractivity contribution in [2.45, 2.75) is 13.1 Å². The number of nitrogens with one attached hydrogen (secondary N) is 1. The van der Waals surface area contributed by atoms with Crippen molar-refractivity contribution in [3.05, 3.63) is 94.0 Å². The van der Waals surface area contributed by atoms with Gasteiger partial charge >= 0.3 is 5.97 Å². The van der Waals surface area contributed by atoms with Crippen molar-refractivity contribution in [2.75, 3.05) is 24.3 Å². The molecule has 0 aliphatic heterocycles. The minimum absolute atomic E-state index is 0.00268. The smallest absolute Gasteiger partial charge is 0.343 e. The number of rotatable bonds is 10. The fraction of sp³-hybridized carbons (Fsp3) is 0.192. The van der Waals surface area contributed by atoms with Crippen molar-refractivity contribution in [3.63, 3.8) is 0 Å². The molecule has 1 amide bonds. The summed E-state index contributed by atoms with van der Waals surface area (Å²) in [7, 11) is -2.47. The third-order valence-corrected chi connectivity index (χ3v) is 6.57. The maximum absolute atomic E-state index is 13.0. The van der Waals surface area contributed by atoms with Crippen molar-refractivity contribution in [1.29, 1.82) is 5.26 Å². The number of hydrogen-bond acceptors (Lipinski definition) is 7. The Morgan fingerprint density at radius 3 is 2.46 bits per heavy atom. The molecule has 0 aromatic heterocycles. The second-order valence-corrected chi connectivity index (χ2v) is 10.3. The van der Waals surface area contributed by atoms with E-state index in [4.69, 9.17) is 21.6 Å². The van der Waals surface area contributed by atoms with Crippen molar-refractivity contribution >= 4 is 39.2 Å². The molecule has 3 aromatic rings. The van der Waals surface area contributed by atoms with E-state index in [-0.39, 0.29) is 41.7 Å². The van der Waals surface area contributed by atoms with E-state index in [0.717, 1.165) is 11.8 Å². The van der Waals surface area contributed by atoms with E-state index in [2.05, 4.69) is 10.1 Å². The molecule has 0 fully saturated rings. The molecule has 0 saturated carbocycles. The Morgan fingerprint density at radius 2 is 1.81 bits per heavy atom. The molecule has 0 saturated heterocycles. The van der Waals surface area contributed by atoms with E-state index in [0.29, 0.717) is 11.1 Å². The number of benzene rings is 3. The summed E-state index contributed by atoms with van der Waals surface area (Å²) in [5.41, 5.74) is 1.98. The van der Waals surface area contributed by atoms with Crippen molar-refractivity contribution in [1.82, 2.24) is 5.32 Å². The predicted molar refractivity (Wildman–Crippen MR) is 139 cm³/mol. The number of hydrogen-bond donors (Lipinski definition) is 1. The molecular formula is C26H24ClN3O6S. The highest BCUT2D eigenvalue weighted by molar-refractivity contribution is 7.92. The normalized spacial score (nSPS) is 10.8. The van der Waals surface area contributed by atoms with Gasteiger partial charge in [-0.1, -0.05) is 48.0 Å². The number of carbonyl (C=O) groups is 2. The summed E-state index contributed by atoms with van der Waals surface area (Å²) in [5, 5.41) is 12.1. The number of halogens is 1. The Kier molecular flexibility index (Phi) is 9.11. The number of esters is 1. The lowest BCUT2D eigenvalue weighted by molar-refractivity contribution is -0.142. The maximum atomic E-state index is 13.0. The summed E-state index contributed by atoms with van der Waals surface area (Å²) in [6, 6.07) is 20.0. The number of sulfonamides is 1. The minimum atomic E-state index is -3.70. The SMILES string of the molecule is COC(=O)COc1cc(C#N)ccc1CNC(=O)c1cc(Cl)cc(N(Cc2ccccc2)S(C)(=O)=O)c1. The average molecular weight is 542 g/mol. The zero-order valence-corrected chi connectivity index (χ0v) is 21.7. The van der Waals surface area contributed by atoms with Gasteiger partial charge in [-0.15, -0.1) is 0 Å². The van der Waals surface area contributed by atoms with Gasteiger partial charge < -0.3 is 14.8 Å². The molecule has 1 N–H and O–H groups in total. The summed E-state index contributed by atoms with van der Waals surface area (Å²) >= 11 is 6.26. The number of nitriles is 1. The second kappa shape index (κ2) is 12.3. The summed E-state index contributed by atoms with van der Waals surface area (Å²) in [6.07, 6.45) is 1.08. The molecule has 0 aliphatic carbocycles. The van der Waals surface area contributed by atoms with Crippen molar-refractivity contribution < 1.29 is 27.5 Å². The number of carbonyl (C=O) groups excluding carboxylic acids is 2. The first-order valence-corrected chi connectivity index (χ1v) is 13.2. The zero-order chi connectivity index (χ0) is 27.0. The van der Waals surface area contributed by atoms with Gasteiger partial charge in [0.1, 0.15) is 5.75 Å². The molecule has 0 spiro atoms. The molecule has 0 aliphatic rings. The fourth-order valence-electron chi connectivity index (χ4n) is 3.38. The Bertz CT molecular complexity index is 1440. The van der Waals surface area contributed by atoms with Crippen LogP contribution in [-0.2, 0) is 32.6 Å². The topological polar surface area (TPSA) is 126 Å². The molecule has 3 rings (SSSR count). The van der Waals surface area contributed by atoms with E-state index in [1.807, 2.05) is 12.1 Å². The van der Waals surface area contributed by atoms with Crippen LogP contribution >= 0.6 is 11.6 Å². The Morgan fingerprint density at radius 1 is 1.08 bits per heavy atom. The van der Waals surface area contributed by atoms with Gasteiger partial charge in [0.25, 0.3) is 5.91 Å². The van der Waals surface area contributed by atoms with Crippen molar-refractivity contribution in [2.24, 2.45) is 0 Å². The first-order chi connectivity index (χ1) is 17.6. The molecule has 37 heavy (non-hydrogen) atoms. The Hall–Kier alpha value is -4.07.